The van der Waals surface area contributed by atoms with Gasteiger partial charge in [-0.1, -0.05) is 56.3 Å². The standard InChI is InChI=1S/C20H25NO2/c1-15(2)13-19(17-9-11-18(23-3)12-10-17)21-20(22)14-16-7-5-4-6-8-16/h4-12,15,19H,13-14H2,1-3H3,(H,21,22)/t19-/m1/s1. The molecule has 0 fully saturated rings. The maximum absolute atomic E-state index is 12.4. The highest BCUT2D eigenvalue weighted by Crippen LogP contribution is 2.23. The highest BCUT2D eigenvalue weighted by molar-refractivity contribution is 5.79. The molecular weight excluding hydrogens is 286 g/mol. The molecule has 122 valence electrons. The van der Waals surface area contributed by atoms with Crippen LogP contribution in [0.15, 0.2) is 54.6 Å². The van der Waals surface area contributed by atoms with E-state index < -0.39 is 0 Å². The zero-order valence-electron chi connectivity index (χ0n) is 14.1. The fourth-order valence-electron chi connectivity index (χ4n) is 2.61. The molecule has 0 unspecified atom stereocenters. The van der Waals surface area contributed by atoms with Crippen LogP contribution in [0.3, 0.4) is 0 Å². The first-order chi connectivity index (χ1) is 11.1. The van der Waals surface area contributed by atoms with Crippen molar-refractivity contribution in [3.8, 4) is 5.75 Å². The Kier molecular flexibility index (Phi) is 6.21. The number of rotatable bonds is 7. The third kappa shape index (κ3) is 5.44. The van der Waals surface area contributed by atoms with Crippen LogP contribution in [0.4, 0.5) is 0 Å². The van der Waals surface area contributed by atoms with Crippen LogP contribution in [0.5, 0.6) is 5.75 Å². The topological polar surface area (TPSA) is 38.3 Å². The van der Waals surface area contributed by atoms with E-state index >= 15 is 0 Å². The van der Waals surface area contributed by atoms with Gasteiger partial charge in [0.05, 0.1) is 19.6 Å². The summed E-state index contributed by atoms with van der Waals surface area (Å²) in [4.78, 5) is 12.4. The molecule has 3 nitrogen and oxygen atoms in total. The van der Waals surface area contributed by atoms with Crippen LogP contribution in [0.25, 0.3) is 0 Å². The summed E-state index contributed by atoms with van der Waals surface area (Å²) >= 11 is 0. The van der Waals surface area contributed by atoms with E-state index in [1.165, 1.54) is 0 Å². The van der Waals surface area contributed by atoms with Crippen LogP contribution < -0.4 is 10.1 Å². The van der Waals surface area contributed by atoms with E-state index in [-0.39, 0.29) is 11.9 Å². The highest BCUT2D eigenvalue weighted by Gasteiger charge is 2.16. The summed E-state index contributed by atoms with van der Waals surface area (Å²) < 4.78 is 5.20. The molecular formula is C20H25NO2. The van der Waals surface area contributed by atoms with Crippen LogP contribution in [0, 0.1) is 5.92 Å². The number of methoxy groups -OCH3 is 1. The molecule has 23 heavy (non-hydrogen) atoms. The van der Waals surface area contributed by atoms with Crippen molar-refractivity contribution in [2.75, 3.05) is 7.11 Å². The fraction of sp³-hybridized carbons (Fsp3) is 0.350. The first-order valence-corrected chi connectivity index (χ1v) is 8.05. The number of amides is 1. The van der Waals surface area contributed by atoms with Crippen molar-refractivity contribution in [2.45, 2.75) is 32.7 Å². The number of carbonyl (C=O) groups is 1. The normalized spacial score (nSPS) is 12.0. The summed E-state index contributed by atoms with van der Waals surface area (Å²) in [5.41, 5.74) is 2.14. The quantitative estimate of drug-likeness (QED) is 0.834. The Bertz CT molecular complexity index is 605. The molecule has 1 atom stereocenters. The number of nitrogens with one attached hydrogen (secondary N) is 1. The van der Waals surface area contributed by atoms with Gasteiger partial charge in [-0.15, -0.1) is 0 Å². The summed E-state index contributed by atoms with van der Waals surface area (Å²) in [6, 6.07) is 17.8. The Labute approximate surface area is 138 Å². The summed E-state index contributed by atoms with van der Waals surface area (Å²) in [5, 5.41) is 3.17. The molecule has 1 amide bonds. The molecule has 0 aromatic heterocycles. The van der Waals surface area contributed by atoms with E-state index in [1.807, 2.05) is 54.6 Å². The van der Waals surface area contributed by atoms with Gasteiger partial charge < -0.3 is 10.1 Å². The Hall–Kier alpha value is -2.29. The Morgan fingerprint density at radius 2 is 1.70 bits per heavy atom. The van der Waals surface area contributed by atoms with Gasteiger partial charge in [-0.2, -0.15) is 0 Å². The van der Waals surface area contributed by atoms with Gasteiger partial charge >= 0.3 is 0 Å². The average Bonchev–Trinajstić information content (AvgIpc) is 2.55. The third-order valence-corrected chi connectivity index (χ3v) is 3.77. The number of ether oxygens (including phenoxy) is 1. The molecule has 0 aliphatic carbocycles. The molecule has 0 aliphatic rings. The van der Waals surface area contributed by atoms with Gasteiger partial charge in [0.2, 0.25) is 5.91 Å². The maximum atomic E-state index is 12.4. The minimum atomic E-state index is 0.0251. The second-order valence-corrected chi connectivity index (χ2v) is 6.19. The molecule has 0 aliphatic heterocycles. The van der Waals surface area contributed by atoms with Gasteiger partial charge in [0.15, 0.2) is 0 Å². The molecule has 2 aromatic rings. The summed E-state index contributed by atoms with van der Waals surface area (Å²) in [7, 11) is 1.66. The lowest BCUT2D eigenvalue weighted by Crippen LogP contribution is -2.30. The minimum Gasteiger partial charge on any atom is -0.497 e. The van der Waals surface area contributed by atoms with E-state index in [1.54, 1.807) is 7.11 Å². The lowest BCUT2D eigenvalue weighted by atomic mass is 9.96. The van der Waals surface area contributed by atoms with Crippen LogP contribution in [0.2, 0.25) is 0 Å². The average molecular weight is 311 g/mol. The van der Waals surface area contributed by atoms with Gasteiger partial charge in [-0.05, 0) is 35.6 Å². The predicted molar refractivity (Wildman–Crippen MR) is 93.5 cm³/mol. The van der Waals surface area contributed by atoms with Gasteiger partial charge in [0.25, 0.3) is 0 Å². The SMILES string of the molecule is COc1ccc([C@@H](CC(C)C)NC(=O)Cc2ccccc2)cc1. The molecule has 2 rings (SSSR count). The van der Waals surface area contributed by atoms with Crippen molar-refractivity contribution >= 4 is 5.91 Å². The second kappa shape index (κ2) is 8.37. The second-order valence-electron chi connectivity index (χ2n) is 6.19. The third-order valence-electron chi connectivity index (χ3n) is 3.77. The van der Waals surface area contributed by atoms with Crippen molar-refractivity contribution < 1.29 is 9.53 Å². The number of carbonyl (C=O) groups excluding carboxylic acids is 1. The Morgan fingerprint density at radius 1 is 1.04 bits per heavy atom. The van der Waals surface area contributed by atoms with Crippen molar-refractivity contribution in [1.82, 2.24) is 5.32 Å². The minimum absolute atomic E-state index is 0.0251. The number of benzene rings is 2. The molecule has 0 spiro atoms. The molecule has 0 bridgehead atoms. The van der Waals surface area contributed by atoms with E-state index in [0.29, 0.717) is 12.3 Å². The van der Waals surface area contributed by atoms with E-state index in [2.05, 4.69) is 19.2 Å². The molecule has 0 saturated carbocycles. The fourth-order valence-corrected chi connectivity index (χ4v) is 2.61. The van der Waals surface area contributed by atoms with Crippen LogP contribution in [0.1, 0.15) is 37.4 Å². The molecule has 0 radical (unpaired) electrons. The summed E-state index contributed by atoms with van der Waals surface area (Å²) in [5.74, 6) is 1.38. The van der Waals surface area contributed by atoms with Crippen LogP contribution >= 0.6 is 0 Å². The Balaban J connectivity index is 2.06. The van der Waals surface area contributed by atoms with Gasteiger partial charge in [0, 0.05) is 0 Å². The summed E-state index contributed by atoms with van der Waals surface area (Å²) in [6.45, 7) is 4.33. The zero-order chi connectivity index (χ0) is 16.7. The number of hydrogen-bond acceptors (Lipinski definition) is 2. The van der Waals surface area contributed by atoms with Gasteiger partial charge in [0.1, 0.15) is 5.75 Å². The molecule has 0 saturated heterocycles. The zero-order valence-corrected chi connectivity index (χ0v) is 14.1. The molecule has 3 heteroatoms. The maximum Gasteiger partial charge on any atom is 0.224 e. The van der Waals surface area contributed by atoms with Crippen molar-refractivity contribution in [3.05, 3.63) is 65.7 Å². The first-order valence-electron chi connectivity index (χ1n) is 8.05. The van der Waals surface area contributed by atoms with Gasteiger partial charge in [-0.3, -0.25) is 4.79 Å². The van der Waals surface area contributed by atoms with E-state index in [4.69, 9.17) is 4.74 Å². The van der Waals surface area contributed by atoms with Crippen molar-refractivity contribution in [2.24, 2.45) is 5.92 Å². The van der Waals surface area contributed by atoms with Gasteiger partial charge in [-0.25, -0.2) is 0 Å². The monoisotopic (exact) mass is 311 g/mol. The van der Waals surface area contributed by atoms with Crippen molar-refractivity contribution in [1.29, 1.82) is 0 Å². The first kappa shape index (κ1) is 17.1. The molecule has 1 N–H and O–H groups in total. The number of hydrogen-bond donors (Lipinski definition) is 1. The highest BCUT2D eigenvalue weighted by atomic mass is 16.5. The smallest absolute Gasteiger partial charge is 0.224 e. The van der Waals surface area contributed by atoms with E-state index in [0.717, 1.165) is 23.3 Å². The largest absolute Gasteiger partial charge is 0.497 e. The van der Waals surface area contributed by atoms with Crippen LogP contribution in [-0.2, 0) is 11.2 Å². The van der Waals surface area contributed by atoms with E-state index in [9.17, 15) is 4.79 Å². The predicted octanol–water partition coefficient (Wildman–Crippen LogP) is 4.14. The van der Waals surface area contributed by atoms with Crippen LogP contribution in [-0.4, -0.2) is 13.0 Å². The Morgan fingerprint density at radius 3 is 2.26 bits per heavy atom. The summed E-state index contributed by atoms with van der Waals surface area (Å²) in [6.07, 6.45) is 1.32. The molecule has 2 aromatic carbocycles. The lowest BCUT2D eigenvalue weighted by molar-refractivity contribution is -0.121. The molecule has 0 heterocycles. The lowest BCUT2D eigenvalue weighted by Gasteiger charge is -2.21. The van der Waals surface area contributed by atoms with Crippen molar-refractivity contribution in [3.63, 3.8) is 0 Å².